The quantitative estimate of drug-likeness (QED) is 0.432. The minimum atomic E-state index is -0.518. The molecule has 172 valence electrons. The Labute approximate surface area is 196 Å². The van der Waals surface area contributed by atoms with Gasteiger partial charge in [0.15, 0.2) is 5.78 Å². The molecule has 0 spiro atoms. The van der Waals surface area contributed by atoms with Gasteiger partial charge in [-0.25, -0.2) is 0 Å². The molecule has 0 aliphatic heterocycles. The summed E-state index contributed by atoms with van der Waals surface area (Å²) in [6.45, 7) is 3.77. The molecule has 0 bridgehead atoms. The molecule has 0 saturated carbocycles. The van der Waals surface area contributed by atoms with E-state index >= 15 is 0 Å². The molecule has 0 fully saturated rings. The topological polar surface area (TPSA) is 111 Å². The Balaban J connectivity index is 1.60. The third-order valence-corrected chi connectivity index (χ3v) is 5.62. The lowest BCUT2D eigenvalue weighted by molar-refractivity contribution is 0.0995. The maximum absolute atomic E-state index is 13.2. The molecule has 34 heavy (non-hydrogen) atoms. The van der Waals surface area contributed by atoms with Crippen molar-refractivity contribution in [2.75, 3.05) is 10.6 Å². The van der Waals surface area contributed by atoms with E-state index in [2.05, 4.69) is 20.8 Å². The summed E-state index contributed by atoms with van der Waals surface area (Å²) in [6.07, 6.45) is 2.95. The maximum atomic E-state index is 13.2. The third kappa shape index (κ3) is 4.36. The van der Waals surface area contributed by atoms with Crippen LogP contribution in [0, 0.1) is 13.8 Å². The third-order valence-electron chi connectivity index (χ3n) is 5.62. The predicted octanol–water partition coefficient (Wildman–Crippen LogP) is 3.51. The number of nitrogens with zero attached hydrogens (tertiary/aromatic N) is 4. The smallest absolute Gasteiger partial charge is 0.276 e. The van der Waals surface area contributed by atoms with Crippen molar-refractivity contribution in [3.05, 3.63) is 94.6 Å². The van der Waals surface area contributed by atoms with Gasteiger partial charge in [0.05, 0.1) is 35.0 Å². The van der Waals surface area contributed by atoms with Gasteiger partial charge in [-0.05, 0) is 19.9 Å². The SMILES string of the molecule is Cc1ccc(C(=O)c2ccccc2C(=O)Nc2cnn(C)c2C(=O)Nc2cnn(C)c2C)cc1. The zero-order valence-electron chi connectivity index (χ0n) is 19.3. The predicted molar refractivity (Wildman–Crippen MR) is 128 cm³/mol. The number of anilines is 2. The van der Waals surface area contributed by atoms with Crippen LogP contribution in [0.1, 0.15) is 48.0 Å². The zero-order valence-corrected chi connectivity index (χ0v) is 19.3. The molecule has 9 heteroatoms. The highest BCUT2D eigenvalue weighted by atomic mass is 16.2. The van der Waals surface area contributed by atoms with Crippen molar-refractivity contribution in [3.63, 3.8) is 0 Å². The second-order valence-electron chi connectivity index (χ2n) is 7.95. The van der Waals surface area contributed by atoms with E-state index in [1.54, 1.807) is 61.4 Å². The van der Waals surface area contributed by atoms with E-state index in [0.29, 0.717) is 11.3 Å². The molecule has 9 nitrogen and oxygen atoms in total. The first-order chi connectivity index (χ1) is 16.3. The number of carbonyl (C=O) groups is 3. The standard InChI is InChI=1S/C25H24N6O3/c1-15-9-11-17(12-10-15)23(32)18-7-5-6-8-19(18)24(33)29-21-14-27-31(4)22(21)25(34)28-20-13-26-30(3)16(20)2/h5-14H,1-4H3,(H,28,34)(H,29,33). The zero-order chi connectivity index (χ0) is 24.4. The van der Waals surface area contributed by atoms with Gasteiger partial charge in [-0.15, -0.1) is 0 Å². The molecular formula is C25H24N6O3. The minimum Gasteiger partial charge on any atom is -0.319 e. The van der Waals surface area contributed by atoms with Crippen molar-refractivity contribution in [2.24, 2.45) is 14.1 Å². The number of aryl methyl sites for hydroxylation is 3. The van der Waals surface area contributed by atoms with Crippen molar-refractivity contribution in [1.82, 2.24) is 19.6 Å². The second-order valence-corrected chi connectivity index (χ2v) is 7.95. The van der Waals surface area contributed by atoms with E-state index in [1.807, 2.05) is 26.0 Å². The first kappa shape index (κ1) is 22.7. The fraction of sp³-hybridized carbons (Fsp3) is 0.160. The summed E-state index contributed by atoms with van der Waals surface area (Å²) in [5.74, 6) is -1.23. The molecule has 0 aliphatic rings. The Hall–Kier alpha value is -4.53. The minimum absolute atomic E-state index is 0.166. The second kappa shape index (κ2) is 9.14. The van der Waals surface area contributed by atoms with Gasteiger partial charge in [-0.1, -0.05) is 48.0 Å². The molecule has 0 saturated heterocycles. The van der Waals surface area contributed by atoms with Crippen LogP contribution in [0.5, 0.6) is 0 Å². The number of hydrogen-bond acceptors (Lipinski definition) is 5. The van der Waals surface area contributed by atoms with E-state index in [9.17, 15) is 14.4 Å². The largest absolute Gasteiger partial charge is 0.319 e. The van der Waals surface area contributed by atoms with Crippen LogP contribution < -0.4 is 10.6 Å². The van der Waals surface area contributed by atoms with Crippen LogP contribution in [0.15, 0.2) is 60.9 Å². The average molecular weight is 457 g/mol. The molecule has 2 aromatic carbocycles. The summed E-state index contributed by atoms with van der Waals surface area (Å²) in [4.78, 5) is 39.2. The van der Waals surface area contributed by atoms with Gasteiger partial charge in [0.2, 0.25) is 0 Å². The highest BCUT2D eigenvalue weighted by Gasteiger charge is 2.23. The first-order valence-electron chi connectivity index (χ1n) is 10.6. The lowest BCUT2D eigenvalue weighted by Gasteiger charge is -2.11. The monoisotopic (exact) mass is 456 g/mol. The fourth-order valence-electron chi connectivity index (χ4n) is 3.53. The summed E-state index contributed by atoms with van der Waals surface area (Å²) in [7, 11) is 3.38. The number of ketones is 1. The molecule has 0 radical (unpaired) electrons. The van der Waals surface area contributed by atoms with Crippen LogP contribution in [0.4, 0.5) is 11.4 Å². The lowest BCUT2D eigenvalue weighted by Crippen LogP contribution is -2.21. The molecule has 0 aliphatic carbocycles. The fourth-order valence-corrected chi connectivity index (χ4v) is 3.53. The summed E-state index contributed by atoms with van der Waals surface area (Å²) in [6, 6.07) is 13.7. The molecule has 0 atom stereocenters. The number of benzene rings is 2. The van der Waals surface area contributed by atoms with E-state index in [4.69, 9.17) is 0 Å². The maximum Gasteiger partial charge on any atom is 0.276 e. The molecule has 0 unspecified atom stereocenters. The number of hydrogen-bond donors (Lipinski definition) is 2. The van der Waals surface area contributed by atoms with Gasteiger partial charge in [0, 0.05) is 25.2 Å². The van der Waals surface area contributed by atoms with E-state index in [1.165, 1.54) is 10.9 Å². The van der Waals surface area contributed by atoms with Crippen LogP contribution in [0.3, 0.4) is 0 Å². The first-order valence-corrected chi connectivity index (χ1v) is 10.6. The van der Waals surface area contributed by atoms with Crippen molar-refractivity contribution in [3.8, 4) is 0 Å². The number of rotatable bonds is 6. The van der Waals surface area contributed by atoms with Crippen molar-refractivity contribution in [2.45, 2.75) is 13.8 Å². The highest BCUT2D eigenvalue weighted by Crippen LogP contribution is 2.21. The van der Waals surface area contributed by atoms with Gasteiger partial charge in [0.1, 0.15) is 5.69 Å². The number of carbonyl (C=O) groups excluding carboxylic acids is 3. The Kier molecular flexibility index (Phi) is 6.09. The van der Waals surface area contributed by atoms with E-state index < -0.39 is 11.8 Å². The summed E-state index contributed by atoms with van der Waals surface area (Å²) < 4.78 is 3.02. The van der Waals surface area contributed by atoms with Crippen LogP contribution in [0.25, 0.3) is 0 Å². The molecule has 2 amide bonds. The van der Waals surface area contributed by atoms with Crippen LogP contribution in [-0.2, 0) is 14.1 Å². The molecule has 4 rings (SSSR count). The van der Waals surface area contributed by atoms with Gasteiger partial charge in [-0.2, -0.15) is 10.2 Å². The Morgan fingerprint density at radius 2 is 1.32 bits per heavy atom. The van der Waals surface area contributed by atoms with Crippen molar-refractivity contribution < 1.29 is 14.4 Å². The summed E-state index contributed by atoms with van der Waals surface area (Å²) in [5, 5.41) is 13.8. The van der Waals surface area contributed by atoms with Gasteiger partial charge in [-0.3, -0.25) is 23.7 Å². The van der Waals surface area contributed by atoms with Gasteiger partial charge >= 0.3 is 0 Å². The van der Waals surface area contributed by atoms with Crippen LogP contribution in [-0.4, -0.2) is 37.2 Å². The Morgan fingerprint density at radius 1 is 0.735 bits per heavy atom. The molecule has 2 N–H and O–H groups in total. The van der Waals surface area contributed by atoms with E-state index in [0.717, 1.165) is 11.3 Å². The number of nitrogens with one attached hydrogen (secondary N) is 2. The number of aromatic nitrogens is 4. The van der Waals surface area contributed by atoms with Crippen LogP contribution >= 0.6 is 0 Å². The van der Waals surface area contributed by atoms with Crippen LogP contribution in [0.2, 0.25) is 0 Å². The lowest BCUT2D eigenvalue weighted by atomic mass is 9.97. The molecule has 2 heterocycles. The van der Waals surface area contributed by atoms with E-state index in [-0.39, 0.29) is 28.3 Å². The molecular weight excluding hydrogens is 432 g/mol. The highest BCUT2D eigenvalue weighted by molar-refractivity contribution is 6.18. The summed E-state index contributed by atoms with van der Waals surface area (Å²) in [5.41, 5.74) is 3.72. The molecule has 4 aromatic rings. The Bertz CT molecular complexity index is 1400. The average Bonchev–Trinajstić information content (AvgIpc) is 3.35. The Morgan fingerprint density at radius 3 is 1.97 bits per heavy atom. The summed E-state index contributed by atoms with van der Waals surface area (Å²) >= 11 is 0. The van der Waals surface area contributed by atoms with Crippen molar-refractivity contribution >= 4 is 29.0 Å². The van der Waals surface area contributed by atoms with Gasteiger partial charge < -0.3 is 10.6 Å². The molecule has 2 aromatic heterocycles. The normalized spacial score (nSPS) is 10.7. The van der Waals surface area contributed by atoms with Gasteiger partial charge in [0.25, 0.3) is 11.8 Å². The van der Waals surface area contributed by atoms with Crippen molar-refractivity contribution in [1.29, 1.82) is 0 Å². The number of amides is 2.